The van der Waals surface area contributed by atoms with Gasteiger partial charge in [-0.3, -0.25) is 4.90 Å². The number of rotatable bonds is 5. The van der Waals surface area contributed by atoms with E-state index in [4.69, 9.17) is 0 Å². The molecule has 0 saturated carbocycles. The van der Waals surface area contributed by atoms with E-state index >= 15 is 0 Å². The van der Waals surface area contributed by atoms with Crippen molar-refractivity contribution in [2.75, 3.05) is 13.1 Å². The van der Waals surface area contributed by atoms with Gasteiger partial charge in [0, 0.05) is 24.7 Å². The van der Waals surface area contributed by atoms with Gasteiger partial charge in [-0.1, -0.05) is 50.6 Å². The highest BCUT2D eigenvalue weighted by atomic mass is 15.2. The summed E-state index contributed by atoms with van der Waals surface area (Å²) in [4.78, 5) is 2.69. The minimum atomic E-state index is 0.513. The predicted octanol–water partition coefficient (Wildman–Crippen LogP) is 3.60. The molecule has 2 rings (SSSR count). The quantitative estimate of drug-likeness (QED) is 0.870. The topological polar surface area (TPSA) is 15.3 Å². The molecule has 1 aliphatic rings. The molecule has 1 saturated heterocycles. The standard InChI is InChI=1S/C17H28N2/c1-14(2)18-13-17(16-10-5-4-6-11-16)19-12-8-7-9-15(19)3/h4-6,10-11,14-15,17-18H,7-9,12-13H2,1-3H3. The summed E-state index contributed by atoms with van der Waals surface area (Å²) in [5, 5.41) is 3.62. The summed E-state index contributed by atoms with van der Waals surface area (Å²) in [5.41, 5.74) is 1.45. The fourth-order valence-electron chi connectivity index (χ4n) is 3.03. The Bertz CT molecular complexity index is 361. The monoisotopic (exact) mass is 260 g/mol. The summed E-state index contributed by atoms with van der Waals surface area (Å²) in [5.74, 6) is 0. The summed E-state index contributed by atoms with van der Waals surface area (Å²) in [6.07, 6.45) is 4.07. The fraction of sp³-hybridized carbons (Fsp3) is 0.647. The van der Waals surface area contributed by atoms with Gasteiger partial charge in [0.2, 0.25) is 0 Å². The van der Waals surface area contributed by atoms with Crippen molar-refractivity contribution in [3.8, 4) is 0 Å². The van der Waals surface area contributed by atoms with Crippen LogP contribution < -0.4 is 5.32 Å². The second kappa shape index (κ2) is 7.06. The van der Waals surface area contributed by atoms with Gasteiger partial charge in [-0.15, -0.1) is 0 Å². The lowest BCUT2D eigenvalue weighted by atomic mass is 9.97. The molecule has 0 bridgehead atoms. The van der Waals surface area contributed by atoms with Crippen LogP contribution in [0, 0.1) is 0 Å². The van der Waals surface area contributed by atoms with Gasteiger partial charge in [-0.2, -0.15) is 0 Å². The highest BCUT2D eigenvalue weighted by Gasteiger charge is 2.26. The van der Waals surface area contributed by atoms with E-state index in [9.17, 15) is 0 Å². The number of likely N-dealkylation sites (tertiary alicyclic amines) is 1. The molecule has 2 heteroatoms. The maximum atomic E-state index is 3.62. The van der Waals surface area contributed by atoms with E-state index in [0.29, 0.717) is 18.1 Å². The molecule has 0 aliphatic carbocycles. The lowest BCUT2D eigenvalue weighted by molar-refractivity contribution is 0.102. The van der Waals surface area contributed by atoms with E-state index in [2.05, 4.69) is 61.3 Å². The van der Waals surface area contributed by atoms with Gasteiger partial charge in [-0.05, 0) is 31.9 Å². The summed E-state index contributed by atoms with van der Waals surface area (Å²) in [6.45, 7) is 9.11. The smallest absolute Gasteiger partial charge is 0.0475 e. The molecule has 2 unspecified atom stereocenters. The molecule has 1 aromatic carbocycles. The molecule has 1 heterocycles. The average Bonchev–Trinajstić information content (AvgIpc) is 2.42. The Kier molecular flexibility index (Phi) is 5.41. The maximum absolute atomic E-state index is 3.62. The first kappa shape index (κ1) is 14.5. The summed E-state index contributed by atoms with van der Waals surface area (Å²) in [6, 6.07) is 12.7. The molecule has 1 N–H and O–H groups in total. The zero-order valence-electron chi connectivity index (χ0n) is 12.6. The maximum Gasteiger partial charge on any atom is 0.0475 e. The van der Waals surface area contributed by atoms with Gasteiger partial charge in [0.05, 0.1) is 0 Å². The van der Waals surface area contributed by atoms with Crippen LogP contribution in [0.15, 0.2) is 30.3 Å². The van der Waals surface area contributed by atoms with E-state index in [1.165, 1.54) is 31.4 Å². The largest absolute Gasteiger partial charge is 0.313 e. The second-order valence-corrected chi connectivity index (χ2v) is 6.07. The van der Waals surface area contributed by atoms with E-state index in [1.54, 1.807) is 0 Å². The van der Waals surface area contributed by atoms with Crippen molar-refractivity contribution in [2.45, 2.75) is 58.2 Å². The number of nitrogens with one attached hydrogen (secondary N) is 1. The van der Waals surface area contributed by atoms with Gasteiger partial charge in [0.1, 0.15) is 0 Å². The SMILES string of the molecule is CC(C)NCC(c1ccccc1)N1CCCCC1C. The Morgan fingerprint density at radius 1 is 1.21 bits per heavy atom. The molecular weight excluding hydrogens is 232 g/mol. The van der Waals surface area contributed by atoms with Crippen LogP contribution in [-0.2, 0) is 0 Å². The fourth-order valence-corrected chi connectivity index (χ4v) is 3.03. The molecule has 0 spiro atoms. The zero-order valence-corrected chi connectivity index (χ0v) is 12.6. The number of piperidine rings is 1. The molecule has 2 nitrogen and oxygen atoms in total. The Labute approximate surface area is 118 Å². The van der Waals surface area contributed by atoms with Crippen LogP contribution in [0.5, 0.6) is 0 Å². The van der Waals surface area contributed by atoms with Crippen LogP contribution in [0.1, 0.15) is 51.6 Å². The van der Waals surface area contributed by atoms with E-state index in [-0.39, 0.29) is 0 Å². The van der Waals surface area contributed by atoms with E-state index in [1.807, 2.05) is 0 Å². The van der Waals surface area contributed by atoms with Gasteiger partial charge in [0.25, 0.3) is 0 Å². The van der Waals surface area contributed by atoms with Gasteiger partial charge in [0.15, 0.2) is 0 Å². The van der Waals surface area contributed by atoms with Crippen LogP contribution in [0.2, 0.25) is 0 Å². The van der Waals surface area contributed by atoms with Crippen LogP contribution >= 0.6 is 0 Å². The van der Waals surface area contributed by atoms with Crippen molar-refractivity contribution < 1.29 is 0 Å². The van der Waals surface area contributed by atoms with E-state index < -0.39 is 0 Å². The first-order valence-corrected chi connectivity index (χ1v) is 7.72. The van der Waals surface area contributed by atoms with Crippen molar-refractivity contribution in [1.29, 1.82) is 0 Å². The van der Waals surface area contributed by atoms with Crippen molar-refractivity contribution in [2.24, 2.45) is 0 Å². The Hall–Kier alpha value is -0.860. The Morgan fingerprint density at radius 3 is 2.58 bits per heavy atom. The summed E-state index contributed by atoms with van der Waals surface area (Å²) >= 11 is 0. The molecule has 19 heavy (non-hydrogen) atoms. The van der Waals surface area contributed by atoms with Gasteiger partial charge < -0.3 is 5.32 Å². The van der Waals surface area contributed by atoms with Crippen LogP contribution in [0.3, 0.4) is 0 Å². The highest BCUT2D eigenvalue weighted by Crippen LogP contribution is 2.28. The molecule has 0 amide bonds. The number of hydrogen-bond acceptors (Lipinski definition) is 2. The molecule has 1 aliphatic heterocycles. The highest BCUT2D eigenvalue weighted by molar-refractivity contribution is 5.20. The molecule has 1 fully saturated rings. The van der Waals surface area contributed by atoms with Crippen molar-refractivity contribution in [3.63, 3.8) is 0 Å². The van der Waals surface area contributed by atoms with Crippen LogP contribution in [-0.4, -0.2) is 30.1 Å². The third-order valence-corrected chi connectivity index (χ3v) is 4.16. The Morgan fingerprint density at radius 2 is 1.95 bits per heavy atom. The van der Waals surface area contributed by atoms with Crippen LogP contribution in [0.25, 0.3) is 0 Å². The Balaban J connectivity index is 2.13. The van der Waals surface area contributed by atoms with Crippen LogP contribution in [0.4, 0.5) is 0 Å². The van der Waals surface area contributed by atoms with E-state index in [0.717, 1.165) is 6.54 Å². The average molecular weight is 260 g/mol. The normalized spacial score (nSPS) is 22.6. The van der Waals surface area contributed by atoms with Crippen molar-refractivity contribution in [3.05, 3.63) is 35.9 Å². The number of benzene rings is 1. The molecule has 2 atom stereocenters. The van der Waals surface area contributed by atoms with Crippen molar-refractivity contribution in [1.82, 2.24) is 10.2 Å². The zero-order chi connectivity index (χ0) is 13.7. The lowest BCUT2D eigenvalue weighted by Crippen LogP contribution is -2.45. The van der Waals surface area contributed by atoms with Crippen molar-refractivity contribution >= 4 is 0 Å². The second-order valence-electron chi connectivity index (χ2n) is 6.07. The molecule has 106 valence electrons. The first-order valence-electron chi connectivity index (χ1n) is 7.72. The first-order chi connectivity index (χ1) is 9.18. The predicted molar refractivity (Wildman–Crippen MR) is 82.3 cm³/mol. The minimum Gasteiger partial charge on any atom is -0.313 e. The lowest BCUT2D eigenvalue weighted by Gasteiger charge is -2.40. The number of nitrogens with zero attached hydrogens (tertiary/aromatic N) is 1. The number of hydrogen-bond donors (Lipinski definition) is 1. The molecule has 0 aromatic heterocycles. The third kappa shape index (κ3) is 4.05. The molecule has 0 radical (unpaired) electrons. The van der Waals surface area contributed by atoms with Gasteiger partial charge in [-0.25, -0.2) is 0 Å². The summed E-state index contributed by atoms with van der Waals surface area (Å²) in [7, 11) is 0. The minimum absolute atomic E-state index is 0.513. The molecular formula is C17H28N2. The van der Waals surface area contributed by atoms with Gasteiger partial charge >= 0.3 is 0 Å². The summed E-state index contributed by atoms with van der Waals surface area (Å²) < 4.78 is 0. The third-order valence-electron chi connectivity index (χ3n) is 4.16. The molecule has 1 aromatic rings.